The van der Waals surface area contributed by atoms with Crippen LogP contribution in [0.3, 0.4) is 0 Å². The normalized spacial score (nSPS) is 15.4. The topological polar surface area (TPSA) is 74.2 Å². The molecular weight excluding hydrogens is 274 g/mol. The van der Waals surface area contributed by atoms with Gasteiger partial charge in [0.05, 0.1) is 12.1 Å². The van der Waals surface area contributed by atoms with Crippen LogP contribution in [-0.2, 0) is 0 Å². The molecule has 3 unspecified atom stereocenters. The fraction of sp³-hybridized carbons (Fsp3) is 0.714. The van der Waals surface area contributed by atoms with Crippen molar-refractivity contribution in [3.8, 4) is 0 Å². The first-order chi connectivity index (χ1) is 9.42. The van der Waals surface area contributed by atoms with Gasteiger partial charge in [0.25, 0.3) is 0 Å². The van der Waals surface area contributed by atoms with E-state index in [9.17, 15) is 9.90 Å². The second kappa shape index (κ2) is 8.21. The minimum absolute atomic E-state index is 0.0410. The zero-order chi connectivity index (χ0) is 15.1. The van der Waals surface area contributed by atoms with E-state index in [4.69, 9.17) is 0 Å². The lowest BCUT2D eigenvalue weighted by Crippen LogP contribution is -2.40. The molecule has 2 amide bonds. The molecular formula is C14H25N3O2S. The first-order valence-electron chi connectivity index (χ1n) is 7.06. The third kappa shape index (κ3) is 5.88. The number of hydrogen-bond donors (Lipinski definition) is 3. The molecule has 3 atom stereocenters. The molecule has 1 heterocycles. The minimum atomic E-state index is -0.337. The quantitative estimate of drug-likeness (QED) is 0.724. The Morgan fingerprint density at radius 3 is 2.70 bits per heavy atom. The molecule has 0 bridgehead atoms. The number of amides is 2. The van der Waals surface area contributed by atoms with Crippen molar-refractivity contribution in [3.63, 3.8) is 0 Å². The van der Waals surface area contributed by atoms with E-state index in [0.29, 0.717) is 13.0 Å². The Kier molecular flexibility index (Phi) is 6.95. The van der Waals surface area contributed by atoms with Gasteiger partial charge in [0.2, 0.25) is 0 Å². The second-order valence-corrected chi connectivity index (χ2v) is 6.22. The lowest BCUT2D eigenvalue weighted by Gasteiger charge is -2.18. The Hall–Kier alpha value is -1.14. The number of thiazole rings is 1. The molecule has 0 aliphatic carbocycles. The molecule has 1 aromatic rings. The van der Waals surface area contributed by atoms with Crippen LogP contribution in [0.4, 0.5) is 4.79 Å². The Balaban J connectivity index is 2.40. The largest absolute Gasteiger partial charge is 0.393 e. The van der Waals surface area contributed by atoms with E-state index >= 15 is 0 Å². The number of carbonyl (C=O) groups is 1. The van der Waals surface area contributed by atoms with Gasteiger partial charge >= 0.3 is 6.03 Å². The first kappa shape index (κ1) is 16.9. The van der Waals surface area contributed by atoms with E-state index in [1.165, 1.54) is 0 Å². The fourth-order valence-corrected chi connectivity index (χ4v) is 2.94. The highest BCUT2D eigenvalue weighted by Gasteiger charge is 2.16. The van der Waals surface area contributed by atoms with Crippen LogP contribution in [0, 0.1) is 12.8 Å². The minimum Gasteiger partial charge on any atom is -0.393 e. The number of aliphatic hydroxyl groups is 1. The predicted molar refractivity (Wildman–Crippen MR) is 81.9 cm³/mol. The molecule has 0 saturated heterocycles. The molecule has 0 aliphatic heterocycles. The van der Waals surface area contributed by atoms with Gasteiger partial charge < -0.3 is 15.7 Å². The van der Waals surface area contributed by atoms with Crippen molar-refractivity contribution in [3.05, 3.63) is 16.1 Å². The van der Waals surface area contributed by atoms with Crippen molar-refractivity contribution < 1.29 is 9.90 Å². The van der Waals surface area contributed by atoms with Crippen LogP contribution in [0.1, 0.15) is 50.4 Å². The molecule has 0 aromatic carbocycles. The lowest BCUT2D eigenvalue weighted by molar-refractivity contribution is 0.163. The lowest BCUT2D eigenvalue weighted by atomic mass is 10.1. The van der Waals surface area contributed by atoms with E-state index in [2.05, 4.69) is 15.6 Å². The molecule has 0 radical (unpaired) electrons. The van der Waals surface area contributed by atoms with Crippen LogP contribution in [-0.4, -0.2) is 28.8 Å². The van der Waals surface area contributed by atoms with Crippen LogP contribution in [0.25, 0.3) is 0 Å². The summed E-state index contributed by atoms with van der Waals surface area (Å²) in [6.07, 6.45) is 1.16. The Morgan fingerprint density at radius 2 is 2.20 bits per heavy atom. The highest BCUT2D eigenvalue weighted by atomic mass is 32.1. The summed E-state index contributed by atoms with van der Waals surface area (Å²) in [5.41, 5.74) is 0.983. The average Bonchev–Trinajstić information content (AvgIpc) is 2.79. The highest BCUT2D eigenvalue weighted by molar-refractivity contribution is 7.09. The van der Waals surface area contributed by atoms with Crippen molar-refractivity contribution in [2.24, 2.45) is 5.92 Å². The zero-order valence-electron chi connectivity index (χ0n) is 12.6. The summed E-state index contributed by atoms with van der Waals surface area (Å²) in [6.45, 7) is 8.30. The summed E-state index contributed by atoms with van der Waals surface area (Å²) in [5.74, 6) is 0.253. The van der Waals surface area contributed by atoms with Gasteiger partial charge in [-0.1, -0.05) is 13.8 Å². The van der Waals surface area contributed by atoms with E-state index in [0.717, 1.165) is 17.1 Å². The van der Waals surface area contributed by atoms with Gasteiger partial charge in [0.15, 0.2) is 0 Å². The highest BCUT2D eigenvalue weighted by Crippen LogP contribution is 2.20. The van der Waals surface area contributed by atoms with Crippen molar-refractivity contribution in [2.45, 2.75) is 52.7 Å². The van der Waals surface area contributed by atoms with E-state index < -0.39 is 0 Å². The van der Waals surface area contributed by atoms with E-state index in [1.54, 1.807) is 18.3 Å². The van der Waals surface area contributed by atoms with Gasteiger partial charge in [-0.3, -0.25) is 0 Å². The maximum atomic E-state index is 11.9. The molecule has 1 aromatic heterocycles. The summed E-state index contributed by atoms with van der Waals surface area (Å²) in [5, 5.41) is 18.0. The van der Waals surface area contributed by atoms with Gasteiger partial charge in [0, 0.05) is 17.6 Å². The summed E-state index contributed by atoms with van der Waals surface area (Å²) in [6, 6.07) is -0.220. The molecule has 20 heavy (non-hydrogen) atoms. The standard InChI is InChI=1S/C14H25N3O2S/c1-5-12(13-16-10(3)8-20-13)17-14(19)15-7-9(2)6-11(4)18/h8-9,11-12,18H,5-7H2,1-4H3,(H2,15,17,19). The molecule has 1 rings (SSSR count). The smallest absolute Gasteiger partial charge is 0.315 e. The van der Waals surface area contributed by atoms with Crippen molar-refractivity contribution in [2.75, 3.05) is 6.54 Å². The number of hydrogen-bond acceptors (Lipinski definition) is 4. The molecule has 3 N–H and O–H groups in total. The van der Waals surface area contributed by atoms with Crippen LogP contribution in [0.2, 0.25) is 0 Å². The predicted octanol–water partition coefficient (Wildman–Crippen LogP) is 2.61. The van der Waals surface area contributed by atoms with Crippen LogP contribution >= 0.6 is 11.3 Å². The third-order valence-electron chi connectivity index (χ3n) is 3.00. The zero-order valence-corrected chi connectivity index (χ0v) is 13.5. The van der Waals surface area contributed by atoms with E-state index in [-0.39, 0.29) is 24.1 Å². The van der Waals surface area contributed by atoms with Gasteiger partial charge in [-0.15, -0.1) is 11.3 Å². The van der Waals surface area contributed by atoms with E-state index in [1.807, 2.05) is 26.2 Å². The summed E-state index contributed by atoms with van der Waals surface area (Å²) in [4.78, 5) is 16.3. The maximum Gasteiger partial charge on any atom is 0.315 e. The summed E-state index contributed by atoms with van der Waals surface area (Å²) >= 11 is 1.57. The first-order valence-corrected chi connectivity index (χ1v) is 7.94. The molecule has 6 heteroatoms. The summed E-state index contributed by atoms with van der Waals surface area (Å²) in [7, 11) is 0. The maximum absolute atomic E-state index is 11.9. The van der Waals surface area contributed by atoms with Gasteiger partial charge in [-0.2, -0.15) is 0 Å². The second-order valence-electron chi connectivity index (χ2n) is 5.33. The monoisotopic (exact) mass is 299 g/mol. The molecule has 5 nitrogen and oxygen atoms in total. The molecule has 114 valence electrons. The molecule has 0 fully saturated rings. The van der Waals surface area contributed by atoms with Crippen molar-refractivity contribution >= 4 is 17.4 Å². The Bertz CT molecular complexity index is 420. The van der Waals surface area contributed by atoms with Gasteiger partial charge in [-0.05, 0) is 32.6 Å². The third-order valence-corrected chi connectivity index (χ3v) is 4.08. The number of nitrogens with one attached hydrogen (secondary N) is 2. The summed E-state index contributed by atoms with van der Waals surface area (Å²) < 4.78 is 0. The van der Waals surface area contributed by atoms with Crippen LogP contribution in [0.15, 0.2) is 5.38 Å². The van der Waals surface area contributed by atoms with Crippen LogP contribution in [0.5, 0.6) is 0 Å². The number of urea groups is 1. The number of aliphatic hydroxyl groups excluding tert-OH is 1. The number of aromatic nitrogens is 1. The molecule has 0 saturated carbocycles. The number of rotatable bonds is 7. The number of aryl methyl sites for hydroxylation is 1. The Labute approximate surface area is 124 Å². The van der Waals surface area contributed by atoms with Gasteiger partial charge in [-0.25, -0.2) is 9.78 Å². The molecule has 0 spiro atoms. The fourth-order valence-electron chi connectivity index (χ4n) is 2.01. The number of nitrogens with zero attached hydrogens (tertiary/aromatic N) is 1. The van der Waals surface area contributed by atoms with Crippen molar-refractivity contribution in [1.29, 1.82) is 0 Å². The number of carbonyl (C=O) groups excluding carboxylic acids is 1. The van der Waals surface area contributed by atoms with Gasteiger partial charge in [0.1, 0.15) is 5.01 Å². The van der Waals surface area contributed by atoms with Crippen molar-refractivity contribution in [1.82, 2.24) is 15.6 Å². The SMILES string of the molecule is CCC(NC(=O)NCC(C)CC(C)O)c1nc(C)cs1. The average molecular weight is 299 g/mol. The van der Waals surface area contributed by atoms with Crippen LogP contribution < -0.4 is 10.6 Å². The Morgan fingerprint density at radius 1 is 1.50 bits per heavy atom. The molecule has 0 aliphatic rings.